The van der Waals surface area contributed by atoms with E-state index in [2.05, 4.69) is 33.0 Å². The molecule has 3 amide bonds. The van der Waals surface area contributed by atoms with Crippen LogP contribution in [0.1, 0.15) is 23.6 Å². The van der Waals surface area contributed by atoms with Gasteiger partial charge in [0.05, 0.1) is 0 Å². The fraction of sp³-hybridized carbons (Fsp3) is 0.250. The first-order valence-corrected chi connectivity index (χ1v) is 9.00. The molecule has 3 aromatic rings. The molecule has 0 unspecified atom stereocenters. The lowest BCUT2D eigenvalue weighted by atomic mass is 10.1. The number of hydrogen-bond acceptors (Lipinski definition) is 5. The van der Waals surface area contributed by atoms with Crippen LogP contribution in [0.4, 0.5) is 10.5 Å². The lowest BCUT2D eigenvalue weighted by Crippen LogP contribution is -2.37. The molecule has 0 saturated carbocycles. The van der Waals surface area contributed by atoms with Crippen molar-refractivity contribution >= 4 is 17.6 Å². The monoisotopic (exact) mass is 378 g/mol. The van der Waals surface area contributed by atoms with Gasteiger partial charge in [-0.15, -0.1) is 10.2 Å². The van der Waals surface area contributed by atoms with Crippen LogP contribution in [0, 0.1) is 13.8 Å². The Labute approximate surface area is 163 Å². The molecule has 8 heteroatoms. The van der Waals surface area contributed by atoms with Gasteiger partial charge in [-0.05, 0) is 42.7 Å². The Hall–Kier alpha value is -3.55. The van der Waals surface area contributed by atoms with E-state index in [1.54, 1.807) is 6.07 Å². The summed E-state index contributed by atoms with van der Waals surface area (Å²) in [6, 6.07) is 12.9. The predicted molar refractivity (Wildman–Crippen MR) is 106 cm³/mol. The van der Waals surface area contributed by atoms with Gasteiger partial charge in [-0.2, -0.15) is 4.80 Å². The fourth-order valence-corrected chi connectivity index (χ4v) is 2.72. The van der Waals surface area contributed by atoms with Crippen molar-refractivity contribution in [1.82, 2.24) is 25.5 Å². The van der Waals surface area contributed by atoms with Gasteiger partial charge in [0.15, 0.2) is 0 Å². The lowest BCUT2D eigenvalue weighted by molar-refractivity contribution is -0.120. The van der Waals surface area contributed by atoms with E-state index in [1.165, 1.54) is 5.56 Å². The smallest absolute Gasteiger partial charge is 0.307 e. The number of carbonyl (C=O) groups is 2. The molecule has 0 atom stereocenters. The van der Waals surface area contributed by atoms with E-state index in [0.717, 1.165) is 27.9 Å². The molecule has 0 aliphatic rings. The van der Waals surface area contributed by atoms with Crippen molar-refractivity contribution in [2.45, 2.75) is 33.7 Å². The average molecular weight is 378 g/mol. The first-order valence-electron chi connectivity index (χ1n) is 9.00. The van der Waals surface area contributed by atoms with Crippen LogP contribution in [0.3, 0.4) is 0 Å². The van der Waals surface area contributed by atoms with Crippen LogP contribution in [-0.2, 0) is 17.8 Å². The second-order valence-electron chi connectivity index (χ2n) is 6.51. The van der Waals surface area contributed by atoms with Gasteiger partial charge in [0.2, 0.25) is 5.82 Å². The number of imide groups is 1. The lowest BCUT2D eigenvalue weighted by Gasteiger charge is -2.09. The van der Waals surface area contributed by atoms with Crippen molar-refractivity contribution in [3.63, 3.8) is 0 Å². The summed E-state index contributed by atoms with van der Waals surface area (Å²) in [5, 5.41) is 17.0. The Morgan fingerprint density at radius 3 is 2.50 bits per heavy atom. The van der Waals surface area contributed by atoms with E-state index in [0.29, 0.717) is 11.5 Å². The second kappa shape index (κ2) is 8.43. The Morgan fingerprint density at radius 2 is 1.82 bits per heavy atom. The van der Waals surface area contributed by atoms with Crippen LogP contribution < -0.4 is 10.6 Å². The quantitative estimate of drug-likeness (QED) is 0.711. The highest BCUT2D eigenvalue weighted by Crippen LogP contribution is 2.16. The molecule has 144 valence electrons. The number of tetrazole rings is 1. The molecule has 0 aliphatic heterocycles. The predicted octanol–water partition coefficient (Wildman–Crippen LogP) is 2.87. The number of hydrogen-bond donors (Lipinski definition) is 2. The molecule has 2 aromatic carbocycles. The van der Waals surface area contributed by atoms with E-state index in [1.807, 2.05) is 50.2 Å². The summed E-state index contributed by atoms with van der Waals surface area (Å²) in [5.74, 6) is -0.109. The zero-order valence-electron chi connectivity index (χ0n) is 16.1. The van der Waals surface area contributed by atoms with E-state index in [-0.39, 0.29) is 6.54 Å². The Kier molecular flexibility index (Phi) is 5.78. The maximum Gasteiger partial charge on any atom is 0.325 e. The zero-order valence-corrected chi connectivity index (χ0v) is 16.1. The molecular formula is C20H22N6O2. The number of nitrogens with one attached hydrogen (secondary N) is 2. The molecular weight excluding hydrogens is 356 g/mol. The van der Waals surface area contributed by atoms with Gasteiger partial charge < -0.3 is 5.32 Å². The SMILES string of the molecule is CCc1ccc(-c2nnn(CC(=O)NC(=O)Nc3ccc(C)cc3C)n2)cc1. The topological polar surface area (TPSA) is 102 Å². The first kappa shape index (κ1) is 19.2. The van der Waals surface area contributed by atoms with Crippen molar-refractivity contribution in [3.8, 4) is 11.4 Å². The van der Waals surface area contributed by atoms with Crippen LogP contribution >= 0.6 is 0 Å². The van der Waals surface area contributed by atoms with Crippen molar-refractivity contribution in [3.05, 3.63) is 59.2 Å². The number of urea groups is 1. The van der Waals surface area contributed by atoms with Crippen LogP contribution in [0.25, 0.3) is 11.4 Å². The van der Waals surface area contributed by atoms with Crippen molar-refractivity contribution in [2.24, 2.45) is 0 Å². The van der Waals surface area contributed by atoms with Gasteiger partial charge in [-0.1, -0.05) is 48.9 Å². The number of benzene rings is 2. The van der Waals surface area contributed by atoms with Gasteiger partial charge in [0.1, 0.15) is 6.54 Å². The molecule has 0 spiro atoms. The highest BCUT2D eigenvalue weighted by molar-refractivity contribution is 6.01. The van der Waals surface area contributed by atoms with Crippen molar-refractivity contribution in [1.29, 1.82) is 0 Å². The highest BCUT2D eigenvalue weighted by Gasteiger charge is 2.13. The molecule has 0 fully saturated rings. The van der Waals surface area contributed by atoms with Crippen molar-refractivity contribution < 1.29 is 9.59 Å². The summed E-state index contributed by atoms with van der Waals surface area (Å²) in [6.07, 6.45) is 0.949. The molecule has 3 rings (SSSR count). The molecule has 0 saturated heterocycles. The summed E-state index contributed by atoms with van der Waals surface area (Å²) >= 11 is 0. The molecule has 28 heavy (non-hydrogen) atoms. The van der Waals surface area contributed by atoms with Crippen LogP contribution in [-0.4, -0.2) is 32.1 Å². The third-order valence-corrected chi connectivity index (χ3v) is 4.24. The number of aryl methyl sites for hydroxylation is 3. The summed E-state index contributed by atoms with van der Waals surface area (Å²) in [4.78, 5) is 25.3. The Morgan fingerprint density at radius 1 is 1.07 bits per heavy atom. The molecule has 2 N–H and O–H groups in total. The molecule has 0 bridgehead atoms. The largest absolute Gasteiger partial charge is 0.325 e. The van der Waals surface area contributed by atoms with E-state index in [9.17, 15) is 9.59 Å². The molecule has 1 heterocycles. The van der Waals surface area contributed by atoms with Gasteiger partial charge in [-0.25, -0.2) is 4.79 Å². The number of rotatable bonds is 5. The van der Waals surface area contributed by atoms with Gasteiger partial charge in [0.25, 0.3) is 5.91 Å². The Bertz CT molecular complexity index is 994. The number of carbonyl (C=O) groups excluding carboxylic acids is 2. The maximum absolute atomic E-state index is 12.1. The summed E-state index contributed by atoms with van der Waals surface area (Å²) in [5.41, 5.74) is 4.69. The molecule has 8 nitrogen and oxygen atoms in total. The highest BCUT2D eigenvalue weighted by atomic mass is 16.2. The van der Waals surface area contributed by atoms with Gasteiger partial charge in [0, 0.05) is 11.3 Å². The fourth-order valence-electron chi connectivity index (χ4n) is 2.72. The molecule has 0 radical (unpaired) electrons. The van der Waals surface area contributed by atoms with Gasteiger partial charge in [-0.3, -0.25) is 10.1 Å². The van der Waals surface area contributed by atoms with E-state index >= 15 is 0 Å². The first-order chi connectivity index (χ1) is 13.4. The summed E-state index contributed by atoms with van der Waals surface area (Å²) < 4.78 is 0. The minimum Gasteiger partial charge on any atom is -0.307 e. The summed E-state index contributed by atoms with van der Waals surface area (Å²) in [6.45, 7) is 5.73. The van der Waals surface area contributed by atoms with E-state index < -0.39 is 11.9 Å². The van der Waals surface area contributed by atoms with E-state index in [4.69, 9.17) is 0 Å². The van der Waals surface area contributed by atoms with Crippen molar-refractivity contribution in [2.75, 3.05) is 5.32 Å². The number of anilines is 1. The third kappa shape index (κ3) is 4.79. The normalized spacial score (nSPS) is 10.5. The van der Waals surface area contributed by atoms with Crippen LogP contribution in [0.2, 0.25) is 0 Å². The average Bonchev–Trinajstić information content (AvgIpc) is 3.12. The molecule has 0 aliphatic carbocycles. The number of aromatic nitrogens is 4. The number of amides is 3. The minimum atomic E-state index is -0.604. The number of nitrogens with zero attached hydrogens (tertiary/aromatic N) is 4. The zero-order chi connectivity index (χ0) is 20.1. The van der Waals surface area contributed by atoms with Crippen LogP contribution in [0.15, 0.2) is 42.5 Å². The van der Waals surface area contributed by atoms with Crippen LogP contribution in [0.5, 0.6) is 0 Å². The molecule has 1 aromatic heterocycles. The standard InChI is InChI=1S/C20H22N6O2/c1-4-15-6-8-16(9-7-15)19-23-25-26(24-19)12-18(27)22-20(28)21-17-10-5-13(2)11-14(17)3/h5-11H,4,12H2,1-3H3,(H2,21,22,27,28). The third-order valence-electron chi connectivity index (χ3n) is 4.24. The maximum atomic E-state index is 12.1. The van der Waals surface area contributed by atoms with Gasteiger partial charge >= 0.3 is 6.03 Å². The second-order valence-corrected chi connectivity index (χ2v) is 6.51. The minimum absolute atomic E-state index is 0.208. The summed E-state index contributed by atoms with van der Waals surface area (Å²) in [7, 11) is 0. The Balaban J connectivity index is 1.57.